The summed E-state index contributed by atoms with van der Waals surface area (Å²) in [6, 6.07) is 23.6. The molecule has 118 valence electrons. The Balaban J connectivity index is 1.51. The van der Waals surface area contributed by atoms with Crippen molar-refractivity contribution in [1.29, 1.82) is 0 Å². The molecule has 0 aliphatic carbocycles. The molecule has 0 unspecified atom stereocenters. The lowest BCUT2D eigenvalue weighted by molar-refractivity contribution is 0.620. The average molecular weight is 335 g/mol. The van der Waals surface area contributed by atoms with Gasteiger partial charge in [0.05, 0.1) is 0 Å². The number of benzene rings is 3. The molecule has 4 aromatic rings. The van der Waals surface area contributed by atoms with Crippen LogP contribution in [-0.2, 0) is 6.54 Å². The quantitative estimate of drug-likeness (QED) is 0.515. The number of hydrogen-bond donors (Lipinski definition) is 1. The summed E-state index contributed by atoms with van der Waals surface area (Å²) in [4.78, 5) is 4.51. The van der Waals surface area contributed by atoms with E-state index in [9.17, 15) is 0 Å². The second-order valence-corrected chi connectivity index (χ2v) is 5.92. The van der Waals surface area contributed by atoms with Crippen molar-refractivity contribution in [3.8, 4) is 11.5 Å². The summed E-state index contributed by atoms with van der Waals surface area (Å²) < 4.78 is 5.79. The second kappa shape index (κ2) is 6.38. The summed E-state index contributed by atoms with van der Waals surface area (Å²) in [6.45, 7) is 0.682. The second-order valence-electron chi connectivity index (χ2n) is 5.51. The first-order valence-corrected chi connectivity index (χ1v) is 8.11. The maximum absolute atomic E-state index is 6.17. The molecule has 24 heavy (non-hydrogen) atoms. The van der Waals surface area contributed by atoms with Crippen LogP contribution >= 0.6 is 11.6 Å². The van der Waals surface area contributed by atoms with Crippen molar-refractivity contribution in [2.45, 2.75) is 6.54 Å². The first kappa shape index (κ1) is 14.8. The molecule has 4 rings (SSSR count). The van der Waals surface area contributed by atoms with E-state index >= 15 is 0 Å². The van der Waals surface area contributed by atoms with Crippen LogP contribution in [0.5, 0.6) is 0 Å². The van der Waals surface area contributed by atoms with Crippen LogP contribution in [-0.4, -0.2) is 4.98 Å². The van der Waals surface area contributed by atoms with E-state index in [4.69, 9.17) is 16.0 Å². The number of fused-ring (bicyclic) bond motifs is 1. The van der Waals surface area contributed by atoms with E-state index in [-0.39, 0.29) is 0 Å². The van der Waals surface area contributed by atoms with Crippen molar-refractivity contribution >= 4 is 28.4 Å². The highest BCUT2D eigenvalue weighted by molar-refractivity contribution is 6.31. The fourth-order valence-corrected chi connectivity index (χ4v) is 2.77. The Morgan fingerprint density at radius 3 is 2.42 bits per heavy atom. The molecule has 0 bridgehead atoms. The highest BCUT2D eigenvalue weighted by Gasteiger charge is 2.07. The van der Waals surface area contributed by atoms with Crippen molar-refractivity contribution in [2.24, 2.45) is 0 Å². The molecular weight excluding hydrogens is 320 g/mol. The molecule has 0 saturated carbocycles. The maximum atomic E-state index is 6.17. The zero-order chi connectivity index (χ0) is 16.4. The number of anilines is 1. The minimum atomic E-state index is 0.633. The van der Waals surface area contributed by atoms with Crippen LogP contribution in [0.15, 0.2) is 77.2 Å². The molecule has 1 heterocycles. The zero-order valence-corrected chi connectivity index (χ0v) is 13.6. The van der Waals surface area contributed by atoms with Gasteiger partial charge in [-0.2, -0.15) is 0 Å². The Morgan fingerprint density at radius 1 is 0.875 bits per heavy atom. The van der Waals surface area contributed by atoms with Gasteiger partial charge in [-0.3, -0.25) is 0 Å². The minimum absolute atomic E-state index is 0.633. The third kappa shape index (κ3) is 2.99. The van der Waals surface area contributed by atoms with Gasteiger partial charge in [0.2, 0.25) is 5.89 Å². The number of halogens is 1. The first-order chi connectivity index (χ1) is 11.8. The lowest BCUT2D eigenvalue weighted by atomic mass is 10.2. The fourth-order valence-electron chi connectivity index (χ4n) is 2.57. The Bertz CT molecular complexity index is 943. The largest absolute Gasteiger partial charge is 0.436 e. The van der Waals surface area contributed by atoms with Gasteiger partial charge in [0.1, 0.15) is 5.52 Å². The molecule has 1 N–H and O–H groups in total. The highest BCUT2D eigenvalue weighted by Crippen LogP contribution is 2.25. The summed E-state index contributed by atoms with van der Waals surface area (Å²) in [5, 5.41) is 4.14. The maximum Gasteiger partial charge on any atom is 0.227 e. The molecule has 0 aliphatic rings. The van der Waals surface area contributed by atoms with E-state index in [0.717, 1.165) is 32.9 Å². The van der Waals surface area contributed by atoms with Crippen molar-refractivity contribution in [3.63, 3.8) is 0 Å². The third-order valence-corrected chi connectivity index (χ3v) is 4.24. The van der Waals surface area contributed by atoms with Crippen molar-refractivity contribution in [2.75, 3.05) is 5.32 Å². The Morgan fingerprint density at radius 2 is 1.62 bits per heavy atom. The zero-order valence-electron chi connectivity index (χ0n) is 12.9. The first-order valence-electron chi connectivity index (χ1n) is 7.73. The van der Waals surface area contributed by atoms with Crippen LogP contribution in [0.3, 0.4) is 0 Å². The van der Waals surface area contributed by atoms with Crippen LogP contribution in [0.25, 0.3) is 22.6 Å². The smallest absolute Gasteiger partial charge is 0.227 e. The standard InChI is InChI=1S/C20H15ClN2O/c21-17-6-2-1-5-15(17)13-22-16-11-9-14(10-12-16)20-23-18-7-3-4-8-19(18)24-20/h1-12,22H,13H2. The minimum Gasteiger partial charge on any atom is -0.436 e. The van der Waals surface area contributed by atoms with Crippen molar-refractivity contribution in [1.82, 2.24) is 4.98 Å². The Labute approximate surface area is 144 Å². The number of aromatic nitrogens is 1. The molecule has 0 aliphatic heterocycles. The highest BCUT2D eigenvalue weighted by atomic mass is 35.5. The molecule has 0 saturated heterocycles. The van der Waals surface area contributed by atoms with Gasteiger partial charge in [-0.1, -0.05) is 41.9 Å². The molecule has 3 aromatic carbocycles. The van der Waals surface area contributed by atoms with Crippen LogP contribution in [0.2, 0.25) is 5.02 Å². The van der Waals surface area contributed by atoms with E-state index in [1.807, 2.05) is 72.8 Å². The van der Waals surface area contributed by atoms with E-state index in [2.05, 4.69) is 10.3 Å². The molecule has 0 atom stereocenters. The van der Waals surface area contributed by atoms with Gasteiger partial charge in [0.25, 0.3) is 0 Å². The lowest BCUT2D eigenvalue weighted by Crippen LogP contribution is -1.99. The SMILES string of the molecule is Clc1ccccc1CNc1ccc(-c2nc3ccccc3o2)cc1. The summed E-state index contributed by atoms with van der Waals surface area (Å²) >= 11 is 6.17. The normalized spacial score (nSPS) is 10.9. The van der Waals surface area contributed by atoms with Crippen molar-refractivity contribution in [3.05, 3.63) is 83.4 Å². The van der Waals surface area contributed by atoms with E-state index < -0.39 is 0 Å². The number of oxazole rings is 1. The molecule has 4 heteroatoms. The van der Waals surface area contributed by atoms with E-state index in [1.165, 1.54) is 0 Å². The van der Waals surface area contributed by atoms with Crippen LogP contribution < -0.4 is 5.32 Å². The summed E-state index contributed by atoms with van der Waals surface area (Å²) in [5.74, 6) is 0.633. The predicted molar refractivity (Wildman–Crippen MR) is 98.2 cm³/mol. The number of para-hydroxylation sites is 2. The van der Waals surface area contributed by atoms with Gasteiger partial charge < -0.3 is 9.73 Å². The number of nitrogens with zero attached hydrogens (tertiary/aromatic N) is 1. The van der Waals surface area contributed by atoms with Gasteiger partial charge in [-0.15, -0.1) is 0 Å². The molecule has 0 amide bonds. The molecule has 0 spiro atoms. The monoisotopic (exact) mass is 334 g/mol. The third-order valence-electron chi connectivity index (χ3n) is 3.87. The number of hydrogen-bond acceptors (Lipinski definition) is 3. The van der Waals surface area contributed by atoms with Gasteiger partial charge in [-0.25, -0.2) is 4.98 Å². The topological polar surface area (TPSA) is 38.1 Å². The average Bonchev–Trinajstić information content (AvgIpc) is 3.06. The molecule has 0 fully saturated rings. The molecular formula is C20H15ClN2O. The summed E-state index contributed by atoms with van der Waals surface area (Å²) in [6.07, 6.45) is 0. The Hall–Kier alpha value is -2.78. The molecule has 3 nitrogen and oxygen atoms in total. The van der Waals surface area contributed by atoms with Crippen LogP contribution in [0.1, 0.15) is 5.56 Å². The summed E-state index contributed by atoms with van der Waals surface area (Å²) in [5.41, 5.74) is 4.72. The van der Waals surface area contributed by atoms with Gasteiger partial charge in [0.15, 0.2) is 5.58 Å². The van der Waals surface area contributed by atoms with Gasteiger partial charge in [0, 0.05) is 22.8 Å². The number of rotatable bonds is 4. The van der Waals surface area contributed by atoms with Gasteiger partial charge in [-0.05, 0) is 48.0 Å². The molecule has 0 radical (unpaired) electrons. The van der Waals surface area contributed by atoms with Crippen LogP contribution in [0, 0.1) is 0 Å². The van der Waals surface area contributed by atoms with Gasteiger partial charge >= 0.3 is 0 Å². The predicted octanol–water partition coefficient (Wildman–Crippen LogP) is 5.76. The Kier molecular flexibility index (Phi) is 3.93. The molecule has 1 aromatic heterocycles. The fraction of sp³-hybridized carbons (Fsp3) is 0.0500. The summed E-state index contributed by atoms with van der Waals surface area (Å²) in [7, 11) is 0. The van der Waals surface area contributed by atoms with Crippen LogP contribution in [0.4, 0.5) is 5.69 Å². The van der Waals surface area contributed by atoms with E-state index in [1.54, 1.807) is 0 Å². The van der Waals surface area contributed by atoms with Crippen molar-refractivity contribution < 1.29 is 4.42 Å². The number of nitrogens with one attached hydrogen (secondary N) is 1. The lowest BCUT2D eigenvalue weighted by Gasteiger charge is -2.08. The van der Waals surface area contributed by atoms with E-state index in [0.29, 0.717) is 12.4 Å².